The van der Waals surface area contributed by atoms with Crippen LogP contribution in [-0.4, -0.2) is 5.03 Å². The molecule has 0 atom stereocenters. The largest absolute Gasteiger partial charge is 0.235 e. The smallest absolute Gasteiger partial charge is 0.162 e. The number of hydrogen-bond acceptors (Lipinski definition) is 2. The minimum atomic E-state index is -0.719. The van der Waals surface area contributed by atoms with E-state index in [4.69, 9.17) is 0 Å². The average Bonchev–Trinajstić information content (AvgIpc) is 1.96. The van der Waals surface area contributed by atoms with Crippen molar-refractivity contribution in [2.75, 3.05) is 5.43 Å². The number of halogens is 3. The number of rotatable bonds is 2. The highest BCUT2D eigenvalue weighted by molar-refractivity contribution is 9.11. The zero-order valence-corrected chi connectivity index (χ0v) is 9.22. The lowest BCUT2D eigenvalue weighted by atomic mass is 10.3. The molecule has 0 bridgehead atoms. The first-order valence-corrected chi connectivity index (χ1v) is 4.65. The first kappa shape index (κ1) is 10.4. The normalized spacial score (nSPS) is 9.77. The van der Waals surface area contributed by atoms with E-state index in [1.807, 2.05) is 5.43 Å². The standard InChI is InChI=1S/C6H3Br2FN2O2/c7-4-1-3(9)2-5(8)6(4)10-11(12)13/h1-2,10H. The Morgan fingerprint density at radius 1 is 1.38 bits per heavy atom. The monoisotopic (exact) mass is 312 g/mol. The molecular formula is C6H3Br2FN2O2. The van der Waals surface area contributed by atoms with Crippen LogP contribution in [0.1, 0.15) is 0 Å². The number of hydrazine groups is 1. The summed E-state index contributed by atoms with van der Waals surface area (Å²) in [5.41, 5.74) is 2.12. The summed E-state index contributed by atoms with van der Waals surface area (Å²) in [6.45, 7) is 0. The molecule has 4 nitrogen and oxygen atoms in total. The Morgan fingerprint density at radius 2 is 1.85 bits per heavy atom. The van der Waals surface area contributed by atoms with Gasteiger partial charge in [-0.2, -0.15) is 0 Å². The zero-order chi connectivity index (χ0) is 10.0. The van der Waals surface area contributed by atoms with E-state index in [2.05, 4.69) is 31.9 Å². The highest BCUT2D eigenvalue weighted by Crippen LogP contribution is 2.31. The van der Waals surface area contributed by atoms with E-state index in [-0.39, 0.29) is 14.6 Å². The summed E-state index contributed by atoms with van der Waals surface area (Å²) < 4.78 is 13.3. The van der Waals surface area contributed by atoms with Crippen molar-refractivity contribution in [2.45, 2.75) is 0 Å². The third-order valence-electron chi connectivity index (χ3n) is 1.21. The van der Waals surface area contributed by atoms with Crippen molar-refractivity contribution in [3.8, 4) is 0 Å². The molecule has 0 radical (unpaired) electrons. The molecular weight excluding hydrogens is 311 g/mol. The summed E-state index contributed by atoms with van der Waals surface area (Å²) >= 11 is 5.98. The van der Waals surface area contributed by atoms with Gasteiger partial charge < -0.3 is 0 Å². The molecule has 1 aromatic rings. The van der Waals surface area contributed by atoms with Crippen molar-refractivity contribution >= 4 is 37.5 Å². The molecule has 13 heavy (non-hydrogen) atoms. The van der Waals surface area contributed by atoms with Crippen LogP contribution in [0.5, 0.6) is 0 Å². The van der Waals surface area contributed by atoms with Gasteiger partial charge in [-0.1, -0.05) is 0 Å². The van der Waals surface area contributed by atoms with Crippen molar-refractivity contribution < 1.29 is 9.42 Å². The molecule has 0 unspecified atom stereocenters. The summed E-state index contributed by atoms with van der Waals surface area (Å²) in [7, 11) is 0. The van der Waals surface area contributed by atoms with E-state index in [1.165, 1.54) is 0 Å². The van der Waals surface area contributed by atoms with Gasteiger partial charge in [0.05, 0.1) is 8.95 Å². The van der Waals surface area contributed by atoms with E-state index < -0.39 is 10.8 Å². The summed E-state index contributed by atoms with van der Waals surface area (Å²) in [5, 5.41) is 9.40. The van der Waals surface area contributed by atoms with Gasteiger partial charge in [0.1, 0.15) is 11.5 Å². The molecule has 0 aliphatic carbocycles. The van der Waals surface area contributed by atoms with E-state index in [1.54, 1.807) is 0 Å². The maximum absolute atomic E-state index is 12.7. The van der Waals surface area contributed by atoms with Gasteiger partial charge in [-0.25, -0.2) is 14.5 Å². The molecule has 0 aromatic heterocycles. The number of hydrogen-bond donors (Lipinski definition) is 1. The van der Waals surface area contributed by atoms with Crippen LogP contribution < -0.4 is 5.43 Å². The number of nitrogens with one attached hydrogen (secondary N) is 1. The maximum atomic E-state index is 12.7. The lowest BCUT2D eigenvalue weighted by Gasteiger charge is -2.03. The van der Waals surface area contributed by atoms with Crippen LogP contribution in [0.4, 0.5) is 10.1 Å². The second kappa shape index (κ2) is 4.01. The average molecular weight is 314 g/mol. The molecule has 0 aliphatic rings. The predicted octanol–water partition coefficient (Wildman–Crippen LogP) is 2.95. The molecule has 0 fully saturated rings. The Labute approximate surface area is 89.5 Å². The third-order valence-corrected chi connectivity index (χ3v) is 2.46. The Morgan fingerprint density at radius 3 is 2.23 bits per heavy atom. The molecule has 0 saturated heterocycles. The molecule has 1 aromatic carbocycles. The molecule has 0 saturated carbocycles. The first-order chi connectivity index (χ1) is 6.00. The molecule has 0 aliphatic heterocycles. The Kier molecular flexibility index (Phi) is 3.21. The van der Waals surface area contributed by atoms with Crippen molar-refractivity contribution in [2.24, 2.45) is 0 Å². The Hall–Kier alpha value is -0.690. The number of nitrogens with zero attached hydrogens (tertiary/aromatic N) is 1. The quantitative estimate of drug-likeness (QED) is 0.674. The van der Waals surface area contributed by atoms with E-state index >= 15 is 0 Å². The van der Waals surface area contributed by atoms with Gasteiger partial charge in [0.15, 0.2) is 5.03 Å². The fraction of sp³-hybridized carbons (Fsp3) is 0. The van der Waals surface area contributed by atoms with Crippen molar-refractivity contribution in [1.29, 1.82) is 0 Å². The summed E-state index contributed by atoms with van der Waals surface area (Å²) in [4.78, 5) is 10.1. The van der Waals surface area contributed by atoms with E-state index in [9.17, 15) is 14.5 Å². The van der Waals surface area contributed by atoms with Crippen molar-refractivity contribution in [3.05, 3.63) is 37.0 Å². The summed E-state index contributed by atoms with van der Waals surface area (Å²) in [6, 6.07) is 2.27. The van der Waals surface area contributed by atoms with E-state index in [0.29, 0.717) is 0 Å². The minimum absolute atomic E-state index is 0.186. The fourth-order valence-corrected chi connectivity index (χ4v) is 2.05. The second-order valence-corrected chi connectivity index (χ2v) is 3.82. The molecule has 0 spiro atoms. The van der Waals surface area contributed by atoms with Crippen molar-refractivity contribution in [1.82, 2.24) is 0 Å². The SMILES string of the molecule is O=[N+]([O-])Nc1c(Br)cc(F)cc1Br. The molecule has 0 heterocycles. The zero-order valence-electron chi connectivity index (χ0n) is 6.05. The summed E-state index contributed by atoms with van der Waals surface area (Å²) in [6.07, 6.45) is 0. The Bertz CT molecular complexity index is 335. The van der Waals surface area contributed by atoms with Crippen LogP contribution in [-0.2, 0) is 0 Å². The highest BCUT2D eigenvalue weighted by atomic mass is 79.9. The van der Waals surface area contributed by atoms with Gasteiger partial charge >= 0.3 is 0 Å². The van der Waals surface area contributed by atoms with Gasteiger partial charge in [-0.3, -0.25) is 0 Å². The number of benzene rings is 1. The van der Waals surface area contributed by atoms with Gasteiger partial charge in [-0.15, -0.1) is 5.43 Å². The second-order valence-electron chi connectivity index (χ2n) is 2.11. The van der Waals surface area contributed by atoms with Crippen LogP contribution >= 0.6 is 31.9 Å². The van der Waals surface area contributed by atoms with Crippen LogP contribution in [0.3, 0.4) is 0 Å². The Balaban J connectivity index is 3.13. The maximum Gasteiger partial charge on any atom is 0.162 e. The van der Waals surface area contributed by atoms with Crippen LogP contribution in [0.2, 0.25) is 0 Å². The van der Waals surface area contributed by atoms with Crippen LogP contribution in [0, 0.1) is 15.9 Å². The first-order valence-electron chi connectivity index (χ1n) is 3.06. The lowest BCUT2D eigenvalue weighted by Crippen LogP contribution is -2.09. The number of nitro groups is 1. The van der Waals surface area contributed by atoms with E-state index in [0.717, 1.165) is 12.1 Å². The number of anilines is 1. The van der Waals surface area contributed by atoms with Gasteiger partial charge in [-0.05, 0) is 44.0 Å². The summed E-state index contributed by atoms with van der Waals surface area (Å²) in [5.74, 6) is -0.479. The van der Waals surface area contributed by atoms with Gasteiger partial charge in [0.2, 0.25) is 0 Å². The van der Waals surface area contributed by atoms with Gasteiger partial charge in [0, 0.05) is 0 Å². The molecule has 7 heteroatoms. The molecule has 70 valence electrons. The molecule has 0 amide bonds. The lowest BCUT2D eigenvalue weighted by molar-refractivity contribution is -0.445. The van der Waals surface area contributed by atoms with Crippen LogP contribution in [0.25, 0.3) is 0 Å². The van der Waals surface area contributed by atoms with Crippen LogP contribution in [0.15, 0.2) is 21.1 Å². The topological polar surface area (TPSA) is 55.2 Å². The minimum Gasteiger partial charge on any atom is -0.235 e. The molecule has 1 rings (SSSR count). The highest BCUT2D eigenvalue weighted by Gasteiger charge is 2.11. The van der Waals surface area contributed by atoms with Crippen molar-refractivity contribution in [3.63, 3.8) is 0 Å². The van der Waals surface area contributed by atoms with Gasteiger partial charge in [0.25, 0.3) is 0 Å². The third kappa shape index (κ3) is 2.63. The predicted molar refractivity (Wildman–Crippen MR) is 52.4 cm³/mol. The molecule has 1 N–H and O–H groups in total. The fourth-order valence-electron chi connectivity index (χ4n) is 0.740.